The summed E-state index contributed by atoms with van der Waals surface area (Å²) in [6.07, 6.45) is 5.47. The minimum Gasteiger partial charge on any atom is -0.494 e. The molecule has 31 heavy (non-hydrogen) atoms. The van der Waals surface area contributed by atoms with Crippen LogP contribution >= 0.6 is 11.3 Å². The Morgan fingerprint density at radius 3 is 2.61 bits per heavy atom. The molecule has 2 heterocycles. The number of guanidine groups is 1. The van der Waals surface area contributed by atoms with Gasteiger partial charge in [0.25, 0.3) is 0 Å². The highest BCUT2D eigenvalue weighted by Crippen LogP contribution is 2.25. The topological polar surface area (TPSA) is 80.7 Å². The minimum atomic E-state index is 0.539. The van der Waals surface area contributed by atoms with E-state index in [4.69, 9.17) is 9.47 Å². The van der Waals surface area contributed by atoms with E-state index in [0.29, 0.717) is 24.8 Å². The number of thiazole rings is 1. The fraction of sp³-hybridized carbons (Fsp3) is 0.348. The second-order valence-electron chi connectivity index (χ2n) is 6.86. The first-order valence-corrected chi connectivity index (χ1v) is 11.2. The van der Waals surface area contributed by atoms with Gasteiger partial charge in [0.05, 0.1) is 11.6 Å². The molecule has 1 aromatic carbocycles. The predicted octanol–water partition coefficient (Wildman–Crippen LogP) is 4.34. The Morgan fingerprint density at radius 1 is 1.10 bits per heavy atom. The van der Waals surface area contributed by atoms with Crippen molar-refractivity contribution in [1.29, 1.82) is 0 Å². The Balaban J connectivity index is 1.53. The number of ether oxygens (including phenoxy) is 2. The molecule has 0 saturated carbocycles. The Kier molecular flexibility index (Phi) is 8.66. The highest BCUT2D eigenvalue weighted by atomic mass is 32.1. The third kappa shape index (κ3) is 7.25. The van der Waals surface area contributed by atoms with Crippen LogP contribution in [0.1, 0.15) is 28.8 Å². The van der Waals surface area contributed by atoms with E-state index < -0.39 is 0 Å². The molecule has 0 unspecified atom stereocenters. The lowest BCUT2D eigenvalue weighted by Gasteiger charge is -2.14. The molecule has 0 saturated heterocycles. The number of pyridine rings is 1. The average Bonchev–Trinajstić information content (AvgIpc) is 3.21. The molecule has 3 rings (SSSR count). The van der Waals surface area contributed by atoms with E-state index in [0.717, 1.165) is 41.7 Å². The van der Waals surface area contributed by atoms with Crippen LogP contribution < -0.4 is 20.1 Å². The summed E-state index contributed by atoms with van der Waals surface area (Å²) in [5.41, 5.74) is 0.937. The summed E-state index contributed by atoms with van der Waals surface area (Å²) in [5.74, 6) is 2.83. The lowest BCUT2D eigenvalue weighted by Crippen LogP contribution is -2.37. The van der Waals surface area contributed by atoms with Crippen molar-refractivity contribution in [2.24, 2.45) is 4.99 Å². The first-order chi connectivity index (χ1) is 15.2. The van der Waals surface area contributed by atoms with Gasteiger partial charge in [-0.25, -0.2) is 9.97 Å². The monoisotopic (exact) mass is 439 g/mol. The van der Waals surface area contributed by atoms with Gasteiger partial charge in [0.15, 0.2) is 5.96 Å². The van der Waals surface area contributed by atoms with Crippen molar-refractivity contribution in [3.05, 3.63) is 64.2 Å². The predicted molar refractivity (Wildman–Crippen MR) is 125 cm³/mol. The zero-order valence-corrected chi connectivity index (χ0v) is 19.0. The summed E-state index contributed by atoms with van der Waals surface area (Å²) in [5, 5.41) is 7.76. The zero-order valence-electron chi connectivity index (χ0n) is 18.2. The van der Waals surface area contributed by atoms with Crippen LogP contribution in [0, 0.1) is 6.92 Å². The standard InChI is InChI=1S/C23H29N5O2S/c1-4-14-29-19-7-9-20(10-8-19)30-22-18(6-5-12-25-22)16-28-23(24-3)26-13-11-21-27-15-17(2)31-21/h5-10,12,15H,4,11,13-14,16H2,1-3H3,(H2,24,26,28). The number of nitrogens with one attached hydrogen (secondary N) is 2. The van der Waals surface area contributed by atoms with Crippen molar-refractivity contribution in [3.63, 3.8) is 0 Å². The first-order valence-electron chi connectivity index (χ1n) is 10.4. The van der Waals surface area contributed by atoms with E-state index in [1.54, 1.807) is 24.6 Å². The second-order valence-corrected chi connectivity index (χ2v) is 8.18. The Hall–Kier alpha value is -3.13. The summed E-state index contributed by atoms with van der Waals surface area (Å²) >= 11 is 1.72. The Labute approximate surface area is 187 Å². The fourth-order valence-corrected chi connectivity index (χ4v) is 3.58. The average molecular weight is 440 g/mol. The van der Waals surface area contributed by atoms with Crippen LogP contribution in [0.2, 0.25) is 0 Å². The van der Waals surface area contributed by atoms with Gasteiger partial charge in [0.1, 0.15) is 11.5 Å². The summed E-state index contributed by atoms with van der Waals surface area (Å²) in [7, 11) is 1.76. The van der Waals surface area contributed by atoms with Crippen LogP contribution in [-0.2, 0) is 13.0 Å². The molecule has 0 atom stereocenters. The second kappa shape index (κ2) is 11.9. The highest BCUT2D eigenvalue weighted by molar-refractivity contribution is 7.11. The Bertz CT molecular complexity index is 972. The van der Waals surface area contributed by atoms with E-state index in [9.17, 15) is 0 Å². The minimum absolute atomic E-state index is 0.539. The van der Waals surface area contributed by atoms with Gasteiger partial charge in [-0.2, -0.15) is 0 Å². The highest BCUT2D eigenvalue weighted by Gasteiger charge is 2.08. The van der Waals surface area contributed by atoms with Crippen molar-refractivity contribution in [2.45, 2.75) is 33.2 Å². The first kappa shape index (κ1) is 22.6. The van der Waals surface area contributed by atoms with Gasteiger partial charge >= 0.3 is 0 Å². The van der Waals surface area contributed by atoms with E-state index >= 15 is 0 Å². The number of rotatable bonds is 10. The molecule has 0 amide bonds. The molecule has 0 aliphatic heterocycles. The molecule has 2 aromatic heterocycles. The molecular weight excluding hydrogens is 410 g/mol. The van der Waals surface area contributed by atoms with Crippen molar-refractivity contribution < 1.29 is 9.47 Å². The zero-order chi connectivity index (χ0) is 21.9. The van der Waals surface area contributed by atoms with Crippen molar-refractivity contribution in [1.82, 2.24) is 20.6 Å². The number of nitrogens with zero attached hydrogens (tertiary/aromatic N) is 3. The third-order valence-corrected chi connectivity index (χ3v) is 5.30. The smallest absolute Gasteiger partial charge is 0.224 e. The third-order valence-electron chi connectivity index (χ3n) is 4.33. The summed E-state index contributed by atoms with van der Waals surface area (Å²) < 4.78 is 11.6. The van der Waals surface area contributed by atoms with Crippen molar-refractivity contribution in [3.8, 4) is 17.4 Å². The summed E-state index contributed by atoms with van der Waals surface area (Å²) in [4.78, 5) is 14.3. The molecule has 0 fully saturated rings. The molecule has 0 aliphatic rings. The number of hydrogen-bond acceptors (Lipinski definition) is 6. The van der Waals surface area contributed by atoms with E-state index in [2.05, 4.69) is 39.4 Å². The number of hydrogen-bond donors (Lipinski definition) is 2. The molecule has 164 valence electrons. The van der Waals surface area contributed by atoms with E-state index in [1.165, 1.54) is 4.88 Å². The van der Waals surface area contributed by atoms with Gasteiger partial charge in [0, 0.05) is 49.4 Å². The van der Waals surface area contributed by atoms with Crippen molar-refractivity contribution in [2.75, 3.05) is 20.2 Å². The molecule has 0 bridgehead atoms. The van der Waals surface area contributed by atoms with Crippen LogP contribution in [0.25, 0.3) is 0 Å². The van der Waals surface area contributed by atoms with Gasteiger partial charge in [-0.15, -0.1) is 11.3 Å². The number of aliphatic imine (C=N–C) groups is 1. The maximum atomic E-state index is 6.00. The van der Waals surface area contributed by atoms with Crippen LogP contribution in [0.15, 0.2) is 53.8 Å². The molecule has 2 N–H and O–H groups in total. The van der Waals surface area contributed by atoms with Crippen LogP contribution in [0.3, 0.4) is 0 Å². The quantitative estimate of drug-likeness (QED) is 0.361. The SMILES string of the molecule is CCCOc1ccc(Oc2ncccc2CNC(=NC)NCCc2ncc(C)s2)cc1. The van der Waals surface area contributed by atoms with Crippen molar-refractivity contribution >= 4 is 17.3 Å². The number of benzene rings is 1. The van der Waals surface area contributed by atoms with Gasteiger partial charge in [-0.05, 0) is 43.7 Å². The molecule has 0 radical (unpaired) electrons. The lowest BCUT2D eigenvalue weighted by atomic mass is 10.2. The summed E-state index contributed by atoms with van der Waals surface area (Å²) in [6.45, 7) is 6.15. The van der Waals surface area contributed by atoms with Gasteiger partial charge in [-0.1, -0.05) is 13.0 Å². The molecule has 8 heteroatoms. The maximum Gasteiger partial charge on any atom is 0.224 e. The molecule has 3 aromatic rings. The van der Waals surface area contributed by atoms with E-state index in [1.807, 2.05) is 42.6 Å². The fourth-order valence-electron chi connectivity index (χ4n) is 2.79. The number of aryl methyl sites for hydroxylation is 1. The molecule has 0 spiro atoms. The maximum absolute atomic E-state index is 6.00. The van der Waals surface area contributed by atoms with Crippen LogP contribution in [0.5, 0.6) is 17.4 Å². The van der Waals surface area contributed by atoms with E-state index in [-0.39, 0.29) is 0 Å². The van der Waals surface area contributed by atoms with Crippen LogP contribution in [-0.4, -0.2) is 36.1 Å². The van der Waals surface area contributed by atoms with Crippen LogP contribution in [0.4, 0.5) is 0 Å². The normalized spacial score (nSPS) is 11.3. The number of aromatic nitrogens is 2. The largest absolute Gasteiger partial charge is 0.494 e. The van der Waals surface area contributed by atoms with Gasteiger partial charge < -0.3 is 20.1 Å². The van der Waals surface area contributed by atoms with Gasteiger partial charge in [-0.3, -0.25) is 4.99 Å². The summed E-state index contributed by atoms with van der Waals surface area (Å²) in [6, 6.07) is 11.5. The Morgan fingerprint density at radius 2 is 1.90 bits per heavy atom. The molecule has 0 aliphatic carbocycles. The molecular formula is C23H29N5O2S. The van der Waals surface area contributed by atoms with Gasteiger partial charge in [0.2, 0.25) is 5.88 Å². The molecule has 7 nitrogen and oxygen atoms in total. The lowest BCUT2D eigenvalue weighted by molar-refractivity contribution is 0.317.